The van der Waals surface area contributed by atoms with Crippen molar-refractivity contribution in [3.05, 3.63) is 72.9 Å². The number of amides is 1. The Bertz CT molecular complexity index is 1010. The first-order valence-corrected chi connectivity index (χ1v) is 19.8. The molecular formula is C43H72N2O5. The molecule has 7 nitrogen and oxygen atoms in total. The van der Waals surface area contributed by atoms with Gasteiger partial charge in [-0.1, -0.05) is 126 Å². The minimum absolute atomic E-state index is 0.125. The van der Waals surface area contributed by atoms with Crippen LogP contribution in [0.3, 0.4) is 0 Å². The van der Waals surface area contributed by atoms with Crippen LogP contribution in [-0.2, 0) is 19.1 Å². The van der Waals surface area contributed by atoms with E-state index >= 15 is 0 Å². The summed E-state index contributed by atoms with van der Waals surface area (Å²) in [6.45, 7) is 4.71. The number of nitrogens with one attached hydrogen (secondary N) is 1. The number of allylic oxidation sites excluding steroid dienone is 11. The number of nitrogens with two attached hydrogens (primary N) is 1. The zero-order valence-electron chi connectivity index (χ0n) is 31.7. The standard InChI is InChI=1S/C43H72N2O5/c1-3-5-7-9-11-12-13-14-15-16-17-18-19-20-21-22-23-25-31-37-42(47)50-39(33-28-24-10-8-6-4-2)34-29-26-27-30-36-41(46)45-40(43(48)49)35-32-38-44/h5,7-8,10-12,14-15,17-18,28,33,39-40H,3-4,6,9,13,16,19-27,29-32,34-38,44H2,1-2H3,(H,45,46)(H,48,49)/b7-5-,10-8-,12-11-,15-14-,18-17-,33-28-. The van der Waals surface area contributed by atoms with Crippen LogP contribution in [0.2, 0.25) is 0 Å². The van der Waals surface area contributed by atoms with Crippen LogP contribution in [0.4, 0.5) is 0 Å². The molecule has 2 unspecified atom stereocenters. The zero-order chi connectivity index (χ0) is 36.8. The van der Waals surface area contributed by atoms with Crippen LogP contribution in [0.1, 0.15) is 162 Å². The number of carboxylic acids is 1. The number of hydrogen-bond acceptors (Lipinski definition) is 5. The molecule has 0 rings (SSSR count). The molecule has 0 aliphatic carbocycles. The lowest BCUT2D eigenvalue weighted by Crippen LogP contribution is -2.40. The number of rotatable bonds is 34. The SMILES string of the molecule is CC/C=C\C/C=C\C/C=C\C/C=C\CCCCCCCCC(=O)OC(/C=C\C/C=C\CCC)CCCCCCC(=O)NC(CCCN)C(=O)O. The summed E-state index contributed by atoms with van der Waals surface area (Å²) >= 11 is 0. The van der Waals surface area contributed by atoms with Crippen LogP contribution >= 0.6 is 0 Å². The van der Waals surface area contributed by atoms with Gasteiger partial charge in [-0.15, -0.1) is 0 Å². The molecular weight excluding hydrogens is 624 g/mol. The highest BCUT2D eigenvalue weighted by atomic mass is 16.5. The topological polar surface area (TPSA) is 119 Å². The number of hydrogen-bond donors (Lipinski definition) is 3. The maximum Gasteiger partial charge on any atom is 0.326 e. The Labute approximate surface area is 305 Å². The maximum absolute atomic E-state index is 12.6. The number of aliphatic carboxylic acids is 1. The van der Waals surface area contributed by atoms with Crippen LogP contribution in [-0.4, -0.2) is 41.6 Å². The van der Waals surface area contributed by atoms with Crippen molar-refractivity contribution in [3.63, 3.8) is 0 Å². The van der Waals surface area contributed by atoms with Gasteiger partial charge < -0.3 is 20.9 Å². The number of ether oxygens (including phenoxy) is 1. The molecule has 0 saturated carbocycles. The van der Waals surface area contributed by atoms with Crippen LogP contribution in [0, 0.1) is 0 Å². The quantitative estimate of drug-likeness (QED) is 0.0350. The third-order valence-corrected chi connectivity index (χ3v) is 8.22. The molecule has 4 N–H and O–H groups in total. The number of esters is 1. The molecule has 0 radical (unpaired) electrons. The van der Waals surface area contributed by atoms with Crippen LogP contribution < -0.4 is 11.1 Å². The second kappa shape index (κ2) is 37.1. The summed E-state index contributed by atoms with van der Waals surface area (Å²) in [7, 11) is 0. The molecule has 50 heavy (non-hydrogen) atoms. The third kappa shape index (κ3) is 33.3. The fourth-order valence-corrected chi connectivity index (χ4v) is 5.28. The van der Waals surface area contributed by atoms with Crippen molar-refractivity contribution < 1.29 is 24.2 Å². The first-order chi connectivity index (χ1) is 24.4. The van der Waals surface area contributed by atoms with Crippen molar-refractivity contribution in [1.29, 1.82) is 0 Å². The number of carboxylic acid groups (broad SMARTS) is 1. The van der Waals surface area contributed by atoms with E-state index in [-0.39, 0.29) is 18.0 Å². The predicted octanol–water partition coefficient (Wildman–Crippen LogP) is 10.8. The van der Waals surface area contributed by atoms with E-state index in [1.165, 1.54) is 19.3 Å². The molecule has 0 aliphatic heterocycles. The highest BCUT2D eigenvalue weighted by Gasteiger charge is 2.19. The van der Waals surface area contributed by atoms with Crippen molar-refractivity contribution in [3.8, 4) is 0 Å². The number of carbonyl (C=O) groups excluding carboxylic acids is 2. The second-order valence-corrected chi connectivity index (χ2v) is 13.0. The Hall–Kier alpha value is -3.19. The molecule has 7 heteroatoms. The first-order valence-electron chi connectivity index (χ1n) is 19.8. The lowest BCUT2D eigenvalue weighted by molar-refractivity contribution is -0.147. The van der Waals surface area contributed by atoms with Gasteiger partial charge in [0.05, 0.1) is 0 Å². The largest absolute Gasteiger partial charge is 0.480 e. The van der Waals surface area contributed by atoms with E-state index in [4.69, 9.17) is 10.5 Å². The van der Waals surface area contributed by atoms with Crippen molar-refractivity contribution in [1.82, 2.24) is 5.32 Å². The summed E-state index contributed by atoms with van der Waals surface area (Å²) in [5.74, 6) is -1.38. The molecule has 284 valence electrons. The lowest BCUT2D eigenvalue weighted by Gasteiger charge is -2.15. The first kappa shape index (κ1) is 46.8. The normalized spacial score (nSPS) is 13.5. The van der Waals surface area contributed by atoms with Gasteiger partial charge in [0.15, 0.2) is 0 Å². The molecule has 0 heterocycles. The Balaban J connectivity index is 4.22. The molecule has 0 aliphatic rings. The summed E-state index contributed by atoms with van der Waals surface area (Å²) in [5.41, 5.74) is 5.47. The van der Waals surface area contributed by atoms with Gasteiger partial charge in [0, 0.05) is 12.8 Å². The summed E-state index contributed by atoms with van der Waals surface area (Å²) in [6.07, 6.45) is 46.8. The van der Waals surface area contributed by atoms with Gasteiger partial charge >= 0.3 is 11.9 Å². The lowest BCUT2D eigenvalue weighted by atomic mass is 10.1. The summed E-state index contributed by atoms with van der Waals surface area (Å²) in [6, 6.07) is -0.878. The van der Waals surface area contributed by atoms with Gasteiger partial charge in [-0.2, -0.15) is 0 Å². The van der Waals surface area contributed by atoms with Crippen molar-refractivity contribution >= 4 is 17.8 Å². The molecule has 0 aromatic heterocycles. The van der Waals surface area contributed by atoms with Gasteiger partial charge in [0.2, 0.25) is 5.91 Å². The fraction of sp³-hybridized carbons (Fsp3) is 0.651. The van der Waals surface area contributed by atoms with E-state index in [0.717, 1.165) is 96.3 Å². The Morgan fingerprint density at radius 2 is 1.16 bits per heavy atom. The monoisotopic (exact) mass is 697 g/mol. The van der Waals surface area contributed by atoms with E-state index in [9.17, 15) is 19.5 Å². The van der Waals surface area contributed by atoms with Gasteiger partial charge in [0.25, 0.3) is 0 Å². The van der Waals surface area contributed by atoms with Crippen molar-refractivity contribution in [2.75, 3.05) is 6.54 Å². The summed E-state index contributed by atoms with van der Waals surface area (Å²) in [5, 5.41) is 11.9. The van der Waals surface area contributed by atoms with Crippen molar-refractivity contribution in [2.45, 2.75) is 174 Å². The Morgan fingerprint density at radius 1 is 0.620 bits per heavy atom. The van der Waals surface area contributed by atoms with Crippen molar-refractivity contribution in [2.24, 2.45) is 5.73 Å². The molecule has 0 saturated heterocycles. The zero-order valence-corrected chi connectivity index (χ0v) is 31.7. The highest BCUT2D eigenvalue weighted by Crippen LogP contribution is 2.15. The predicted molar refractivity (Wildman–Crippen MR) is 211 cm³/mol. The van der Waals surface area contributed by atoms with Gasteiger partial charge in [0.1, 0.15) is 12.1 Å². The van der Waals surface area contributed by atoms with E-state index in [0.29, 0.717) is 38.6 Å². The number of unbranched alkanes of at least 4 members (excludes halogenated alkanes) is 10. The summed E-state index contributed by atoms with van der Waals surface area (Å²) in [4.78, 5) is 36.2. The van der Waals surface area contributed by atoms with E-state index in [1.807, 2.05) is 6.08 Å². The molecule has 0 aromatic rings. The smallest absolute Gasteiger partial charge is 0.326 e. The minimum atomic E-state index is -1.02. The maximum atomic E-state index is 12.6. The minimum Gasteiger partial charge on any atom is -0.480 e. The summed E-state index contributed by atoms with van der Waals surface area (Å²) < 4.78 is 5.86. The van der Waals surface area contributed by atoms with Gasteiger partial charge in [-0.3, -0.25) is 9.59 Å². The highest BCUT2D eigenvalue weighted by molar-refractivity contribution is 5.83. The molecule has 0 fully saturated rings. The van der Waals surface area contributed by atoms with Crippen LogP contribution in [0.15, 0.2) is 72.9 Å². The van der Waals surface area contributed by atoms with E-state index in [1.54, 1.807) is 0 Å². The number of carbonyl (C=O) groups is 3. The molecule has 0 aromatic carbocycles. The molecule has 1 amide bonds. The molecule has 0 bridgehead atoms. The third-order valence-electron chi connectivity index (χ3n) is 8.22. The van der Waals surface area contributed by atoms with E-state index in [2.05, 4.69) is 86.0 Å². The Morgan fingerprint density at radius 3 is 1.78 bits per heavy atom. The van der Waals surface area contributed by atoms with Crippen LogP contribution in [0.5, 0.6) is 0 Å². The average molecular weight is 697 g/mol. The molecule has 2 atom stereocenters. The fourth-order valence-electron chi connectivity index (χ4n) is 5.28. The Kier molecular flexibility index (Phi) is 34.7. The van der Waals surface area contributed by atoms with Crippen LogP contribution in [0.25, 0.3) is 0 Å². The van der Waals surface area contributed by atoms with Gasteiger partial charge in [-0.25, -0.2) is 4.79 Å². The van der Waals surface area contributed by atoms with E-state index < -0.39 is 12.0 Å². The average Bonchev–Trinajstić information content (AvgIpc) is 3.10. The molecule has 0 spiro atoms. The second-order valence-electron chi connectivity index (χ2n) is 13.0. The van der Waals surface area contributed by atoms with Gasteiger partial charge in [-0.05, 0) is 103 Å².